The van der Waals surface area contributed by atoms with Crippen LogP contribution in [0.3, 0.4) is 0 Å². The Morgan fingerprint density at radius 1 is 1.07 bits per heavy atom. The Labute approximate surface area is 261 Å². The molecule has 43 heavy (non-hydrogen) atoms. The van der Waals surface area contributed by atoms with Crippen LogP contribution in [0.15, 0.2) is 94.0 Å². The fourth-order valence-electron chi connectivity index (χ4n) is 5.42. The number of esters is 1. The van der Waals surface area contributed by atoms with Crippen LogP contribution >= 0.6 is 34.5 Å². The number of thiazole rings is 1. The van der Waals surface area contributed by atoms with Gasteiger partial charge in [0.15, 0.2) is 4.80 Å². The van der Waals surface area contributed by atoms with E-state index >= 15 is 0 Å². The fraction of sp³-hybridized carbons (Fsp3) is 0.182. The summed E-state index contributed by atoms with van der Waals surface area (Å²) in [5.74, 6) is 0.114. The van der Waals surface area contributed by atoms with E-state index in [1.54, 1.807) is 31.6 Å². The maximum absolute atomic E-state index is 14.1. The number of hydrogen-bond donors (Lipinski definition) is 0. The number of aromatic nitrogens is 2. The lowest BCUT2D eigenvalue weighted by atomic mass is 9.95. The lowest BCUT2D eigenvalue weighted by molar-refractivity contribution is -0.139. The van der Waals surface area contributed by atoms with Gasteiger partial charge in [0.2, 0.25) is 0 Å². The van der Waals surface area contributed by atoms with Crippen molar-refractivity contribution in [3.05, 3.63) is 131 Å². The third kappa shape index (κ3) is 5.42. The molecule has 0 radical (unpaired) electrons. The molecule has 5 aromatic rings. The van der Waals surface area contributed by atoms with Crippen LogP contribution in [-0.2, 0) is 16.1 Å². The first-order valence-corrected chi connectivity index (χ1v) is 15.2. The minimum atomic E-state index is -0.719. The summed E-state index contributed by atoms with van der Waals surface area (Å²) in [6.07, 6.45) is 3.92. The van der Waals surface area contributed by atoms with E-state index in [0.29, 0.717) is 42.9 Å². The molecule has 1 atom stereocenters. The maximum atomic E-state index is 14.1. The number of benzene rings is 3. The Morgan fingerprint density at radius 2 is 1.88 bits per heavy atom. The molecular weight excluding hydrogens is 605 g/mol. The molecule has 3 aromatic carbocycles. The quantitative estimate of drug-likeness (QED) is 0.203. The Bertz CT molecular complexity index is 2110. The lowest BCUT2D eigenvalue weighted by Crippen LogP contribution is -2.39. The zero-order valence-corrected chi connectivity index (χ0v) is 26.0. The van der Waals surface area contributed by atoms with Crippen molar-refractivity contribution in [1.82, 2.24) is 9.13 Å². The van der Waals surface area contributed by atoms with Gasteiger partial charge in [-0.2, -0.15) is 0 Å². The molecule has 3 heterocycles. The van der Waals surface area contributed by atoms with E-state index in [4.69, 9.17) is 37.7 Å². The van der Waals surface area contributed by atoms with Crippen molar-refractivity contribution in [2.45, 2.75) is 26.4 Å². The van der Waals surface area contributed by atoms with Crippen molar-refractivity contribution >= 4 is 57.5 Å². The Morgan fingerprint density at radius 3 is 2.65 bits per heavy atom. The number of carbonyl (C=O) groups is 1. The zero-order valence-electron chi connectivity index (χ0n) is 23.6. The monoisotopic (exact) mass is 631 g/mol. The van der Waals surface area contributed by atoms with Gasteiger partial charge < -0.3 is 14.0 Å². The fourth-order valence-corrected chi connectivity index (χ4v) is 6.77. The molecule has 6 rings (SSSR count). The molecule has 0 amide bonds. The molecule has 0 bridgehead atoms. The number of ether oxygens (including phenoxy) is 2. The van der Waals surface area contributed by atoms with Crippen molar-refractivity contribution in [2.75, 3.05) is 13.7 Å². The zero-order chi connectivity index (χ0) is 30.2. The second-order valence-corrected chi connectivity index (χ2v) is 11.9. The van der Waals surface area contributed by atoms with Crippen molar-refractivity contribution in [3.63, 3.8) is 0 Å². The molecule has 2 aromatic heterocycles. The highest BCUT2D eigenvalue weighted by molar-refractivity contribution is 7.07. The molecule has 7 nitrogen and oxygen atoms in total. The predicted octanol–water partition coefficient (Wildman–Crippen LogP) is 6.12. The van der Waals surface area contributed by atoms with E-state index in [2.05, 4.69) is 4.57 Å². The number of allylic oxidation sites excluding steroid dienone is 1. The average Bonchev–Trinajstić information content (AvgIpc) is 3.50. The summed E-state index contributed by atoms with van der Waals surface area (Å²) in [5, 5.41) is 2.01. The van der Waals surface area contributed by atoms with Crippen LogP contribution in [0.25, 0.3) is 17.0 Å². The van der Waals surface area contributed by atoms with Crippen LogP contribution in [0.4, 0.5) is 0 Å². The van der Waals surface area contributed by atoms with Crippen LogP contribution in [0, 0.1) is 0 Å². The highest BCUT2D eigenvalue weighted by Gasteiger charge is 2.33. The second kappa shape index (κ2) is 11.9. The topological polar surface area (TPSA) is 74.8 Å². The van der Waals surface area contributed by atoms with Crippen molar-refractivity contribution < 1.29 is 14.3 Å². The minimum absolute atomic E-state index is 0.206. The Kier molecular flexibility index (Phi) is 8.01. The summed E-state index contributed by atoms with van der Waals surface area (Å²) in [7, 11) is 1.58. The van der Waals surface area contributed by atoms with Gasteiger partial charge in [0, 0.05) is 29.2 Å². The highest BCUT2D eigenvalue weighted by atomic mass is 35.5. The first kappa shape index (κ1) is 29.0. The second-order valence-electron chi connectivity index (χ2n) is 10.1. The number of nitrogens with zero attached hydrogens (tertiary/aromatic N) is 3. The van der Waals surface area contributed by atoms with Crippen LogP contribution in [0.2, 0.25) is 10.0 Å². The summed E-state index contributed by atoms with van der Waals surface area (Å²) < 4.78 is 15.1. The van der Waals surface area contributed by atoms with Gasteiger partial charge in [-0.1, -0.05) is 70.9 Å². The van der Waals surface area contributed by atoms with Gasteiger partial charge in [0.05, 0.1) is 45.6 Å². The number of rotatable bonds is 7. The first-order valence-electron chi connectivity index (χ1n) is 13.6. The molecule has 0 N–H and O–H groups in total. The minimum Gasteiger partial charge on any atom is -0.497 e. The Balaban J connectivity index is 1.51. The standard InChI is InChI=1S/C33H27Cl2N3O4S/c1-4-42-32(40)29-19(2)36-33-38(30(29)21-8-7-9-23(15-21)41-3)31(39)28(43-33)16-22-18-37(27-11-6-5-10-24(22)27)17-20-12-13-25(34)26(35)14-20/h5-16,18,30H,4,17H2,1-3H3/b28-16+/t30-/m0/s1. The van der Waals surface area contributed by atoms with Crippen LogP contribution < -0.4 is 19.6 Å². The van der Waals surface area contributed by atoms with Gasteiger partial charge >= 0.3 is 5.97 Å². The smallest absolute Gasteiger partial charge is 0.338 e. The third-order valence-electron chi connectivity index (χ3n) is 7.37. The molecule has 0 spiro atoms. The van der Waals surface area contributed by atoms with Crippen LogP contribution in [-0.4, -0.2) is 28.8 Å². The number of methoxy groups -OCH3 is 1. The predicted molar refractivity (Wildman–Crippen MR) is 171 cm³/mol. The molecule has 10 heteroatoms. The molecule has 0 saturated carbocycles. The number of halogens is 2. The van der Waals surface area contributed by atoms with E-state index in [1.165, 1.54) is 11.3 Å². The van der Waals surface area contributed by atoms with E-state index in [1.807, 2.05) is 72.9 Å². The molecule has 0 unspecified atom stereocenters. The average molecular weight is 633 g/mol. The Hall–Kier alpha value is -4.11. The number of fused-ring (bicyclic) bond motifs is 2. The van der Waals surface area contributed by atoms with Crippen molar-refractivity contribution in [2.24, 2.45) is 4.99 Å². The number of hydrogen-bond acceptors (Lipinski definition) is 6. The first-order chi connectivity index (χ1) is 20.8. The molecule has 1 aliphatic heterocycles. The van der Waals surface area contributed by atoms with E-state index in [-0.39, 0.29) is 12.2 Å². The SMILES string of the molecule is CCOC(=O)C1=C(C)N=c2s/c(=C/c3cn(Cc4ccc(Cl)c(Cl)c4)c4ccccc34)c(=O)n2[C@H]1c1cccc(OC)c1. The van der Waals surface area contributed by atoms with E-state index < -0.39 is 12.0 Å². The molecule has 218 valence electrons. The van der Waals surface area contributed by atoms with Crippen molar-refractivity contribution in [1.29, 1.82) is 0 Å². The molecule has 0 saturated heterocycles. The summed E-state index contributed by atoms with van der Waals surface area (Å²) >= 11 is 13.7. The molecule has 1 aliphatic rings. The molecule has 0 aliphatic carbocycles. The van der Waals surface area contributed by atoms with E-state index in [0.717, 1.165) is 27.6 Å². The van der Waals surface area contributed by atoms with Gasteiger partial charge in [0.25, 0.3) is 5.56 Å². The summed E-state index contributed by atoms with van der Waals surface area (Å²) in [6.45, 7) is 4.30. The van der Waals surface area contributed by atoms with Crippen LogP contribution in [0.5, 0.6) is 5.75 Å². The molecule has 0 fully saturated rings. The van der Waals surface area contributed by atoms with E-state index in [9.17, 15) is 9.59 Å². The molecular formula is C33H27Cl2N3O4S. The van der Waals surface area contributed by atoms with Gasteiger partial charge in [-0.3, -0.25) is 9.36 Å². The third-order valence-corrected chi connectivity index (χ3v) is 9.09. The lowest BCUT2D eigenvalue weighted by Gasteiger charge is -2.25. The number of para-hydroxylation sites is 1. The largest absolute Gasteiger partial charge is 0.497 e. The van der Waals surface area contributed by atoms with Gasteiger partial charge in [-0.15, -0.1) is 0 Å². The van der Waals surface area contributed by atoms with Gasteiger partial charge in [-0.05, 0) is 61.4 Å². The summed E-state index contributed by atoms with van der Waals surface area (Å²) in [4.78, 5) is 32.5. The number of carbonyl (C=O) groups excluding carboxylic acids is 1. The van der Waals surface area contributed by atoms with Crippen molar-refractivity contribution in [3.8, 4) is 5.75 Å². The summed E-state index contributed by atoms with van der Waals surface area (Å²) in [5.41, 5.74) is 4.23. The normalized spacial score (nSPS) is 15.0. The van der Waals surface area contributed by atoms with Crippen LogP contribution in [0.1, 0.15) is 36.6 Å². The van der Waals surface area contributed by atoms with Gasteiger partial charge in [-0.25, -0.2) is 9.79 Å². The summed E-state index contributed by atoms with van der Waals surface area (Å²) in [6, 6.07) is 20.3. The highest BCUT2D eigenvalue weighted by Crippen LogP contribution is 2.32. The van der Waals surface area contributed by atoms with Gasteiger partial charge in [0.1, 0.15) is 5.75 Å². The maximum Gasteiger partial charge on any atom is 0.338 e.